The summed E-state index contributed by atoms with van der Waals surface area (Å²) in [7, 11) is 0. The molecule has 3 heteroatoms. The van der Waals surface area contributed by atoms with Crippen molar-refractivity contribution in [3.8, 4) is 0 Å². The highest BCUT2D eigenvalue weighted by atomic mass is 16.1. The topological polar surface area (TPSA) is 41.1 Å². The molecule has 3 nitrogen and oxygen atoms in total. The Morgan fingerprint density at radius 1 is 1.17 bits per heavy atom. The number of amides is 1. The number of benzene rings is 1. The molecule has 0 saturated carbocycles. The maximum Gasteiger partial charge on any atom is 0.233 e. The van der Waals surface area contributed by atoms with Crippen molar-refractivity contribution in [2.75, 3.05) is 13.1 Å². The Bertz CT molecular complexity index is 376. The first-order valence-electron chi connectivity index (χ1n) is 6.50. The van der Waals surface area contributed by atoms with E-state index < -0.39 is 0 Å². The van der Waals surface area contributed by atoms with Crippen molar-refractivity contribution in [3.05, 3.63) is 35.4 Å². The third-order valence-corrected chi connectivity index (χ3v) is 2.81. The normalized spacial score (nSPS) is 11.3. The van der Waals surface area contributed by atoms with Crippen LogP contribution in [0.2, 0.25) is 0 Å². The molecule has 0 aromatic heterocycles. The van der Waals surface area contributed by atoms with E-state index in [1.54, 1.807) is 0 Å². The van der Waals surface area contributed by atoms with Gasteiger partial charge in [0.2, 0.25) is 5.91 Å². The van der Waals surface area contributed by atoms with Gasteiger partial charge in [-0.05, 0) is 23.5 Å². The third kappa shape index (κ3) is 4.88. The van der Waals surface area contributed by atoms with Gasteiger partial charge in [-0.3, -0.25) is 4.79 Å². The molecule has 2 N–H and O–H groups in total. The van der Waals surface area contributed by atoms with Crippen molar-refractivity contribution >= 4 is 5.91 Å². The highest BCUT2D eigenvalue weighted by Crippen LogP contribution is 2.21. The minimum absolute atomic E-state index is 0.0452. The Balaban J connectivity index is 2.42. The van der Waals surface area contributed by atoms with Gasteiger partial charge in [0.15, 0.2) is 0 Å². The van der Waals surface area contributed by atoms with E-state index in [0.29, 0.717) is 13.1 Å². The summed E-state index contributed by atoms with van der Waals surface area (Å²) < 4.78 is 0. The van der Waals surface area contributed by atoms with Crippen LogP contribution >= 0.6 is 0 Å². The Hall–Kier alpha value is -1.35. The summed E-state index contributed by atoms with van der Waals surface area (Å²) in [4.78, 5) is 11.2. The average molecular weight is 248 g/mol. The lowest BCUT2D eigenvalue weighted by molar-refractivity contribution is -0.120. The maximum absolute atomic E-state index is 11.2. The molecule has 0 saturated heterocycles. The molecule has 0 unspecified atom stereocenters. The van der Waals surface area contributed by atoms with Crippen LogP contribution in [0.3, 0.4) is 0 Å². The van der Waals surface area contributed by atoms with Gasteiger partial charge in [-0.15, -0.1) is 0 Å². The second-order valence-electron chi connectivity index (χ2n) is 5.50. The molecule has 0 bridgehead atoms. The molecule has 100 valence electrons. The third-order valence-electron chi connectivity index (χ3n) is 2.81. The number of rotatable bonds is 5. The van der Waals surface area contributed by atoms with Gasteiger partial charge in [0.1, 0.15) is 0 Å². The van der Waals surface area contributed by atoms with E-state index >= 15 is 0 Å². The molecule has 0 atom stereocenters. The second kappa shape index (κ2) is 6.55. The van der Waals surface area contributed by atoms with Crippen LogP contribution in [-0.2, 0) is 16.8 Å². The van der Waals surface area contributed by atoms with Gasteiger partial charge in [-0.2, -0.15) is 0 Å². The molecule has 0 heterocycles. The molecular formula is C15H24N2O. The zero-order chi connectivity index (χ0) is 13.6. The largest absolute Gasteiger partial charge is 0.355 e. The van der Waals surface area contributed by atoms with Gasteiger partial charge < -0.3 is 10.6 Å². The Morgan fingerprint density at radius 2 is 1.78 bits per heavy atom. The summed E-state index contributed by atoms with van der Waals surface area (Å²) >= 11 is 0. The van der Waals surface area contributed by atoms with Crippen LogP contribution in [0.1, 0.15) is 38.8 Å². The standard InChI is InChI=1S/C15H24N2O/c1-5-17-14(18)11-16-10-12-6-8-13(9-7-12)15(2,3)4/h6-9,16H,5,10-11H2,1-4H3,(H,17,18). The molecule has 0 aliphatic heterocycles. The lowest BCUT2D eigenvalue weighted by Crippen LogP contribution is -2.33. The van der Waals surface area contributed by atoms with Crippen LogP contribution in [0, 0.1) is 0 Å². The minimum atomic E-state index is 0.0452. The number of hydrogen-bond acceptors (Lipinski definition) is 2. The van der Waals surface area contributed by atoms with E-state index in [1.807, 2.05) is 6.92 Å². The van der Waals surface area contributed by atoms with Gasteiger partial charge in [0.05, 0.1) is 6.54 Å². The predicted molar refractivity (Wildman–Crippen MR) is 75.5 cm³/mol. The van der Waals surface area contributed by atoms with Gasteiger partial charge in [-0.1, -0.05) is 45.0 Å². The quantitative estimate of drug-likeness (QED) is 0.839. The number of carbonyl (C=O) groups is 1. The van der Waals surface area contributed by atoms with E-state index in [0.717, 1.165) is 6.54 Å². The fraction of sp³-hybridized carbons (Fsp3) is 0.533. The van der Waals surface area contributed by atoms with E-state index in [1.165, 1.54) is 11.1 Å². The van der Waals surface area contributed by atoms with E-state index in [4.69, 9.17) is 0 Å². The van der Waals surface area contributed by atoms with Gasteiger partial charge in [-0.25, -0.2) is 0 Å². The lowest BCUT2D eigenvalue weighted by Gasteiger charge is -2.19. The van der Waals surface area contributed by atoms with Crippen LogP contribution in [0.5, 0.6) is 0 Å². The van der Waals surface area contributed by atoms with Crippen LogP contribution < -0.4 is 10.6 Å². The summed E-state index contributed by atoms with van der Waals surface area (Å²) in [6, 6.07) is 8.54. The van der Waals surface area contributed by atoms with Crippen LogP contribution in [-0.4, -0.2) is 19.0 Å². The summed E-state index contributed by atoms with van der Waals surface area (Å²) in [6.07, 6.45) is 0. The summed E-state index contributed by atoms with van der Waals surface area (Å²) in [6.45, 7) is 10.3. The van der Waals surface area contributed by atoms with Gasteiger partial charge in [0, 0.05) is 13.1 Å². The summed E-state index contributed by atoms with van der Waals surface area (Å²) in [5.74, 6) is 0.0452. The minimum Gasteiger partial charge on any atom is -0.355 e. The zero-order valence-electron chi connectivity index (χ0n) is 11.8. The molecule has 1 aromatic carbocycles. The molecule has 1 amide bonds. The van der Waals surface area contributed by atoms with Crippen LogP contribution in [0.25, 0.3) is 0 Å². The Morgan fingerprint density at radius 3 is 2.28 bits per heavy atom. The number of likely N-dealkylation sites (N-methyl/N-ethyl adjacent to an activating group) is 1. The predicted octanol–water partition coefficient (Wildman–Crippen LogP) is 2.21. The highest BCUT2D eigenvalue weighted by molar-refractivity contribution is 5.77. The highest BCUT2D eigenvalue weighted by Gasteiger charge is 2.12. The van der Waals surface area contributed by atoms with Crippen molar-refractivity contribution in [1.29, 1.82) is 0 Å². The first kappa shape index (κ1) is 14.7. The number of carbonyl (C=O) groups excluding carboxylic acids is 1. The molecule has 1 aromatic rings. The first-order chi connectivity index (χ1) is 8.43. The lowest BCUT2D eigenvalue weighted by atomic mass is 9.87. The molecule has 1 rings (SSSR count). The fourth-order valence-corrected chi connectivity index (χ4v) is 1.70. The van der Waals surface area contributed by atoms with Crippen molar-refractivity contribution in [2.45, 2.75) is 39.7 Å². The molecule has 0 fully saturated rings. The maximum atomic E-state index is 11.2. The summed E-state index contributed by atoms with van der Waals surface area (Å²) in [5, 5.41) is 5.89. The Labute approximate surface area is 110 Å². The number of nitrogens with one attached hydrogen (secondary N) is 2. The smallest absolute Gasteiger partial charge is 0.233 e. The Kier molecular flexibility index (Phi) is 5.35. The first-order valence-corrected chi connectivity index (χ1v) is 6.50. The van der Waals surface area contributed by atoms with Crippen molar-refractivity contribution in [3.63, 3.8) is 0 Å². The van der Waals surface area contributed by atoms with Crippen LogP contribution in [0.15, 0.2) is 24.3 Å². The molecule has 18 heavy (non-hydrogen) atoms. The fourth-order valence-electron chi connectivity index (χ4n) is 1.70. The van der Waals surface area contributed by atoms with Crippen LogP contribution in [0.4, 0.5) is 0 Å². The molecule has 0 spiro atoms. The van der Waals surface area contributed by atoms with Crippen molar-refractivity contribution in [1.82, 2.24) is 10.6 Å². The second-order valence-corrected chi connectivity index (χ2v) is 5.50. The number of hydrogen-bond donors (Lipinski definition) is 2. The van der Waals surface area contributed by atoms with Crippen molar-refractivity contribution in [2.24, 2.45) is 0 Å². The van der Waals surface area contributed by atoms with Gasteiger partial charge in [0.25, 0.3) is 0 Å². The monoisotopic (exact) mass is 248 g/mol. The van der Waals surface area contributed by atoms with Gasteiger partial charge >= 0.3 is 0 Å². The molecule has 0 aliphatic carbocycles. The summed E-state index contributed by atoms with van der Waals surface area (Å²) in [5.41, 5.74) is 2.72. The molecule has 0 aliphatic rings. The molecular weight excluding hydrogens is 224 g/mol. The van der Waals surface area contributed by atoms with E-state index in [9.17, 15) is 4.79 Å². The van der Waals surface area contributed by atoms with E-state index in [-0.39, 0.29) is 11.3 Å². The van der Waals surface area contributed by atoms with Crippen molar-refractivity contribution < 1.29 is 4.79 Å². The zero-order valence-corrected chi connectivity index (χ0v) is 11.8. The SMILES string of the molecule is CCNC(=O)CNCc1ccc(C(C)(C)C)cc1. The molecule has 0 radical (unpaired) electrons. The van der Waals surface area contributed by atoms with E-state index in [2.05, 4.69) is 55.7 Å². The average Bonchev–Trinajstić information content (AvgIpc) is 2.29.